The van der Waals surface area contributed by atoms with Crippen molar-refractivity contribution >= 4 is 34.9 Å². The number of carbonyl (C=O) groups is 1. The second-order valence-corrected chi connectivity index (χ2v) is 14.3. The normalized spacial score (nSPS) is 27.5. The number of aromatic nitrogens is 2. The maximum atomic E-state index is 14.8. The molecule has 4 aliphatic carbocycles. The highest BCUT2D eigenvalue weighted by Gasteiger charge is 2.63. The number of piperazine rings is 1. The zero-order chi connectivity index (χ0) is 32.0. The highest BCUT2D eigenvalue weighted by molar-refractivity contribution is 6.07. The van der Waals surface area contributed by atoms with Gasteiger partial charge in [0, 0.05) is 49.3 Å². The van der Waals surface area contributed by atoms with Crippen LogP contribution in [-0.4, -0.2) is 59.7 Å². The van der Waals surface area contributed by atoms with Crippen LogP contribution in [0.25, 0.3) is 0 Å². The molecule has 2 amide bonds. The smallest absolute Gasteiger partial charge is 0.369 e. The molecule has 4 saturated carbocycles. The fourth-order valence-electron chi connectivity index (χ4n) is 9.23. The van der Waals surface area contributed by atoms with E-state index < -0.39 is 23.3 Å². The van der Waals surface area contributed by atoms with Gasteiger partial charge >= 0.3 is 12.2 Å². The average molecular weight is 632 g/mol. The van der Waals surface area contributed by atoms with Gasteiger partial charge in [-0.1, -0.05) is 6.07 Å². The minimum absolute atomic E-state index is 0.0222. The first kappa shape index (κ1) is 29.5. The first-order chi connectivity index (χ1) is 22.0. The summed E-state index contributed by atoms with van der Waals surface area (Å²) in [7, 11) is 2.14. The lowest BCUT2D eigenvalue weighted by atomic mass is 9.79. The number of alkyl halides is 3. The molecule has 46 heavy (non-hydrogen) atoms. The van der Waals surface area contributed by atoms with E-state index in [0.29, 0.717) is 46.2 Å². The van der Waals surface area contributed by atoms with Gasteiger partial charge in [0.15, 0.2) is 0 Å². The molecule has 2 atom stereocenters. The van der Waals surface area contributed by atoms with Crippen molar-refractivity contribution < 1.29 is 18.0 Å². The van der Waals surface area contributed by atoms with Gasteiger partial charge in [0.2, 0.25) is 5.95 Å². The van der Waals surface area contributed by atoms with E-state index in [-0.39, 0.29) is 12.2 Å². The molecule has 242 valence electrons. The van der Waals surface area contributed by atoms with Crippen LogP contribution in [0.3, 0.4) is 0 Å². The number of hydrogen-bond donors (Lipinski definition) is 1. The van der Waals surface area contributed by atoms with E-state index in [9.17, 15) is 18.0 Å². The van der Waals surface area contributed by atoms with Crippen molar-refractivity contribution in [2.24, 2.45) is 17.8 Å². The standard InChI is InChI=1S/C35H40F3N7O/c1-21-4-9-29(35(36,37)38)30(22(21)2)44-20-25-19-39-32(40-27-5-7-28(8-6-27)43-12-10-42(3)11-13-43)41-31(25)45(33(44)46)34-17-23-14-24(18-34)16-26(34)15-23/h4-9,19,23-24,26H,10-18,20H2,1-3H3,(H,39,40,41). The van der Waals surface area contributed by atoms with Gasteiger partial charge in [-0.2, -0.15) is 18.2 Å². The molecule has 0 radical (unpaired) electrons. The summed E-state index contributed by atoms with van der Waals surface area (Å²) in [5, 5.41) is 3.33. The summed E-state index contributed by atoms with van der Waals surface area (Å²) < 4.78 is 43.3. The van der Waals surface area contributed by atoms with Crippen molar-refractivity contribution in [3.8, 4) is 0 Å². The van der Waals surface area contributed by atoms with Gasteiger partial charge in [0.1, 0.15) is 5.82 Å². The molecule has 1 N–H and O–H groups in total. The number of fused-ring (bicyclic) bond motifs is 1. The van der Waals surface area contributed by atoms with Gasteiger partial charge in [-0.05, 0) is 112 Å². The number of anilines is 5. The van der Waals surface area contributed by atoms with Crippen molar-refractivity contribution in [2.45, 2.75) is 64.2 Å². The summed E-state index contributed by atoms with van der Waals surface area (Å²) in [6, 6.07) is 10.4. The van der Waals surface area contributed by atoms with Gasteiger partial charge in [0.25, 0.3) is 0 Å². The zero-order valence-corrected chi connectivity index (χ0v) is 26.6. The Morgan fingerprint density at radius 1 is 0.935 bits per heavy atom. The minimum Gasteiger partial charge on any atom is -0.369 e. The lowest BCUT2D eigenvalue weighted by molar-refractivity contribution is -0.137. The van der Waals surface area contributed by atoms with Crippen molar-refractivity contribution in [3.05, 3.63) is 64.8 Å². The number of hydrogen-bond acceptors (Lipinski definition) is 6. The summed E-state index contributed by atoms with van der Waals surface area (Å²) >= 11 is 0. The molecule has 1 saturated heterocycles. The number of amides is 2. The third-order valence-electron chi connectivity index (χ3n) is 11.5. The Hall–Kier alpha value is -3.86. The zero-order valence-electron chi connectivity index (χ0n) is 26.6. The first-order valence-electron chi connectivity index (χ1n) is 16.5. The Kier molecular flexibility index (Phi) is 6.80. The quantitative estimate of drug-likeness (QED) is 0.323. The molecule has 1 aromatic heterocycles. The molecular weight excluding hydrogens is 591 g/mol. The molecule has 9 rings (SSSR count). The molecule has 2 unspecified atom stereocenters. The molecule has 3 heterocycles. The fraction of sp³-hybridized carbons (Fsp3) is 0.514. The number of halogens is 3. The van der Waals surface area contributed by atoms with Crippen LogP contribution in [0.15, 0.2) is 42.6 Å². The number of aryl methyl sites for hydroxylation is 1. The van der Waals surface area contributed by atoms with Gasteiger partial charge < -0.3 is 15.1 Å². The maximum Gasteiger partial charge on any atom is 0.418 e. The molecule has 2 aliphatic heterocycles. The predicted octanol–water partition coefficient (Wildman–Crippen LogP) is 7.13. The van der Waals surface area contributed by atoms with E-state index >= 15 is 0 Å². The third kappa shape index (κ3) is 4.72. The molecule has 5 fully saturated rings. The highest BCUT2D eigenvalue weighted by Crippen LogP contribution is 2.64. The number of rotatable bonds is 5. The van der Waals surface area contributed by atoms with Crippen LogP contribution < -0.4 is 20.0 Å². The Morgan fingerprint density at radius 2 is 1.63 bits per heavy atom. The van der Waals surface area contributed by atoms with Crippen molar-refractivity contribution in [3.63, 3.8) is 0 Å². The fourth-order valence-corrected chi connectivity index (χ4v) is 9.23. The molecule has 2 aromatic carbocycles. The third-order valence-corrected chi connectivity index (χ3v) is 11.5. The van der Waals surface area contributed by atoms with Gasteiger partial charge in [-0.15, -0.1) is 0 Å². The predicted molar refractivity (Wildman–Crippen MR) is 173 cm³/mol. The topological polar surface area (TPSA) is 67.8 Å². The van der Waals surface area contributed by atoms with Crippen LogP contribution in [0, 0.1) is 31.6 Å². The van der Waals surface area contributed by atoms with E-state index in [4.69, 9.17) is 4.98 Å². The van der Waals surface area contributed by atoms with Gasteiger partial charge in [-0.3, -0.25) is 9.80 Å². The lowest BCUT2D eigenvalue weighted by Crippen LogP contribution is -2.60. The molecule has 8 nitrogen and oxygen atoms in total. The number of benzene rings is 2. The van der Waals surface area contributed by atoms with Crippen LogP contribution in [0.4, 0.5) is 46.8 Å². The average Bonchev–Trinajstić information content (AvgIpc) is 3.41. The Balaban J connectivity index is 1.17. The molecule has 11 heteroatoms. The molecule has 3 aromatic rings. The van der Waals surface area contributed by atoms with Crippen molar-refractivity contribution in [1.29, 1.82) is 0 Å². The maximum absolute atomic E-state index is 14.8. The summed E-state index contributed by atoms with van der Waals surface area (Å²) in [5.74, 6) is 2.29. The summed E-state index contributed by atoms with van der Waals surface area (Å²) in [5.41, 5.74) is 2.53. The molecular formula is C35H40F3N7O. The summed E-state index contributed by atoms with van der Waals surface area (Å²) in [4.78, 5) is 32.2. The monoisotopic (exact) mass is 631 g/mol. The number of nitrogens with one attached hydrogen (secondary N) is 1. The molecule has 4 bridgehead atoms. The van der Waals surface area contributed by atoms with Crippen molar-refractivity contribution in [2.75, 3.05) is 53.2 Å². The largest absolute Gasteiger partial charge is 0.418 e. The Bertz CT molecular complexity index is 1670. The highest BCUT2D eigenvalue weighted by atomic mass is 19.4. The van der Waals surface area contributed by atoms with Crippen molar-refractivity contribution in [1.82, 2.24) is 14.9 Å². The van der Waals surface area contributed by atoms with Crippen LogP contribution in [-0.2, 0) is 12.7 Å². The van der Waals surface area contributed by atoms with Crippen LogP contribution >= 0.6 is 0 Å². The van der Waals surface area contributed by atoms with E-state index in [1.807, 2.05) is 12.1 Å². The Labute approximate surface area is 267 Å². The van der Waals surface area contributed by atoms with E-state index in [1.165, 1.54) is 17.4 Å². The number of urea groups is 1. The first-order valence-corrected chi connectivity index (χ1v) is 16.5. The van der Waals surface area contributed by atoms with E-state index in [1.54, 1.807) is 24.9 Å². The minimum atomic E-state index is -4.60. The summed E-state index contributed by atoms with van der Waals surface area (Å²) in [6.07, 6.45) is 2.11. The Morgan fingerprint density at radius 3 is 2.30 bits per heavy atom. The van der Waals surface area contributed by atoms with Crippen LogP contribution in [0.2, 0.25) is 0 Å². The SMILES string of the molecule is Cc1ccc(C(F)(F)F)c(N2Cc3cnc(Nc4ccc(N5CCN(C)CC5)cc4)nc3N(C34CC5CC(CC3C5)C4)C2=O)c1C. The van der Waals surface area contributed by atoms with E-state index in [2.05, 4.69) is 39.3 Å². The molecule has 0 spiro atoms. The second kappa shape index (κ2) is 10.6. The van der Waals surface area contributed by atoms with Crippen LogP contribution in [0.5, 0.6) is 0 Å². The van der Waals surface area contributed by atoms with Gasteiger partial charge in [0.05, 0.1) is 23.3 Å². The lowest BCUT2D eigenvalue weighted by Gasteiger charge is -2.48. The number of carbonyl (C=O) groups excluding carboxylic acids is 1. The van der Waals surface area contributed by atoms with Crippen LogP contribution in [0.1, 0.15) is 54.4 Å². The second-order valence-electron chi connectivity index (χ2n) is 14.3. The van der Waals surface area contributed by atoms with Gasteiger partial charge in [-0.25, -0.2) is 9.78 Å². The summed E-state index contributed by atoms with van der Waals surface area (Å²) in [6.45, 7) is 7.46. The van der Waals surface area contributed by atoms with E-state index in [0.717, 1.165) is 69.3 Å². The molecule has 6 aliphatic rings. The number of likely N-dealkylation sites (N-methyl/N-ethyl adjacent to an activating group) is 1. The number of nitrogens with zero attached hydrogens (tertiary/aromatic N) is 6.